The molecule has 0 bridgehead atoms. The summed E-state index contributed by atoms with van der Waals surface area (Å²) in [5.74, 6) is -35.8. The zero-order valence-corrected chi connectivity index (χ0v) is 64.3. The topological polar surface area (TPSA) is 662 Å². The van der Waals surface area contributed by atoms with Crippen molar-refractivity contribution in [1.82, 2.24) is 0 Å². The number of hydrogen-bond acceptors (Lipinski definition) is 36. The molecule has 0 radical (unpaired) electrons. The highest BCUT2D eigenvalue weighted by atomic mass is 16.5. The third-order valence-corrected chi connectivity index (χ3v) is 24.3. The summed E-state index contributed by atoms with van der Waals surface area (Å²) in [6.07, 6.45) is -25.0. The van der Waals surface area contributed by atoms with Gasteiger partial charge in [0.05, 0.1) is 35.7 Å². The molecule has 126 heavy (non-hydrogen) atoms. The highest BCUT2D eigenvalue weighted by Crippen LogP contribution is 2.69. The Kier molecular flexibility index (Phi) is 19.1. The summed E-state index contributed by atoms with van der Waals surface area (Å²) >= 11 is 0. The van der Waals surface area contributed by atoms with Gasteiger partial charge in [-0.05, 0) is 106 Å². The summed E-state index contributed by atoms with van der Waals surface area (Å²) in [6, 6.07) is 23.9. The Morgan fingerprint density at radius 2 is 0.413 bits per heavy atom. The summed E-state index contributed by atoms with van der Waals surface area (Å²) < 4.78 is 39.5. The average molecular weight is 1730 g/mol. The van der Waals surface area contributed by atoms with E-state index in [1.54, 1.807) is 0 Å². The maximum Gasteiger partial charge on any atom is 0.157 e. The van der Waals surface area contributed by atoms with Crippen molar-refractivity contribution >= 4 is 0 Å². The van der Waals surface area contributed by atoms with Crippen LogP contribution in [0.5, 0.6) is 172 Å². The summed E-state index contributed by atoms with van der Waals surface area (Å²) in [5.41, 5.74) is -8.43. The lowest BCUT2D eigenvalue weighted by Gasteiger charge is -2.45. The molecule has 0 amide bonds. The van der Waals surface area contributed by atoms with Gasteiger partial charge >= 0.3 is 0 Å². The number of benzene rings is 12. The Hall–Kier alpha value is -15.6. The number of phenols is 24. The van der Waals surface area contributed by atoms with E-state index >= 15 is 0 Å². The first-order valence-electron chi connectivity index (χ1n) is 38.6. The Morgan fingerprint density at radius 1 is 0.190 bits per heavy atom. The monoisotopic (exact) mass is 1730 g/mol. The molecule has 12 aromatic rings. The van der Waals surface area contributed by atoms with Crippen LogP contribution in [0.4, 0.5) is 0 Å². The molecular formula is C90H74O36. The fourth-order valence-corrected chi connectivity index (χ4v) is 18.6. The van der Waals surface area contributed by atoms with Crippen LogP contribution in [0.1, 0.15) is 161 Å². The van der Waals surface area contributed by atoms with E-state index in [0.29, 0.717) is 24.3 Å². The Balaban J connectivity index is 0.884. The van der Waals surface area contributed by atoms with Crippen LogP contribution >= 0.6 is 0 Å². The van der Waals surface area contributed by atoms with Gasteiger partial charge in [0.15, 0.2) is 99.5 Å². The first kappa shape index (κ1) is 81.4. The third-order valence-electron chi connectivity index (χ3n) is 24.3. The van der Waals surface area contributed by atoms with Gasteiger partial charge in [-0.1, -0.05) is 36.4 Å². The highest BCUT2D eigenvalue weighted by molar-refractivity contribution is 5.77. The smallest absolute Gasteiger partial charge is 0.157 e. The predicted molar refractivity (Wildman–Crippen MR) is 426 cm³/mol. The Morgan fingerprint density at radius 3 is 0.683 bits per heavy atom. The van der Waals surface area contributed by atoms with E-state index in [2.05, 4.69) is 0 Å². The van der Waals surface area contributed by atoms with Crippen molar-refractivity contribution < 1.29 is 182 Å². The molecule has 12 aromatic carbocycles. The van der Waals surface area contributed by atoms with E-state index in [9.17, 15) is 153 Å². The molecule has 0 saturated carbocycles. The van der Waals surface area contributed by atoms with Gasteiger partial charge < -0.3 is 182 Å². The molecular weight excluding hydrogens is 1660 g/mol. The maximum absolute atomic E-state index is 13.7. The number of phenolic OH excluding ortho intramolecular Hbond substituents is 24. The van der Waals surface area contributed by atoms with E-state index in [1.165, 1.54) is 12.1 Å². The zero-order chi connectivity index (χ0) is 89.6. The molecule has 6 aliphatic rings. The normalized spacial score (nSPS) is 24.3. The van der Waals surface area contributed by atoms with Gasteiger partial charge in [0.2, 0.25) is 0 Å². The fraction of sp³-hybridized carbons (Fsp3) is 0.200. The van der Waals surface area contributed by atoms with Crippen LogP contribution in [0.2, 0.25) is 0 Å². The summed E-state index contributed by atoms with van der Waals surface area (Å²) in [4.78, 5) is 0. The van der Waals surface area contributed by atoms with Crippen LogP contribution in [0.25, 0.3) is 0 Å². The minimum atomic E-state index is -2.44. The zero-order valence-electron chi connectivity index (χ0n) is 64.3. The van der Waals surface area contributed by atoms with Crippen LogP contribution in [-0.2, 0) is 6.42 Å². The van der Waals surface area contributed by atoms with Crippen molar-refractivity contribution in [3.8, 4) is 172 Å². The molecule has 0 saturated heterocycles. The molecule has 18 rings (SSSR count). The Labute approximate surface area is 706 Å². The van der Waals surface area contributed by atoms with E-state index in [-0.39, 0.29) is 44.7 Å². The van der Waals surface area contributed by atoms with Crippen LogP contribution in [-0.4, -0.2) is 190 Å². The number of aliphatic hydroxyl groups excluding tert-OH is 6. The van der Waals surface area contributed by atoms with Crippen molar-refractivity contribution in [1.29, 1.82) is 0 Å². The quantitative estimate of drug-likeness (QED) is 0.0538. The molecule has 17 atom stereocenters. The summed E-state index contributed by atoms with van der Waals surface area (Å²) in [7, 11) is 0. The lowest BCUT2D eigenvalue weighted by molar-refractivity contribution is -0.0107. The van der Waals surface area contributed by atoms with Crippen molar-refractivity contribution in [2.24, 2.45) is 0 Å². The van der Waals surface area contributed by atoms with Crippen molar-refractivity contribution in [2.75, 3.05) is 0 Å². The van der Waals surface area contributed by atoms with Gasteiger partial charge in [-0.2, -0.15) is 0 Å². The largest absolute Gasteiger partial charge is 0.508 e. The lowest BCUT2D eigenvalue weighted by Crippen LogP contribution is -2.40. The van der Waals surface area contributed by atoms with Crippen molar-refractivity contribution in [3.05, 3.63) is 246 Å². The molecule has 0 aliphatic carbocycles. The van der Waals surface area contributed by atoms with Crippen molar-refractivity contribution in [3.63, 3.8) is 0 Å². The van der Waals surface area contributed by atoms with E-state index < -0.39 is 332 Å². The molecule has 6 aliphatic heterocycles. The molecule has 36 nitrogen and oxygen atoms in total. The maximum atomic E-state index is 13.7. The minimum absolute atomic E-state index is 0.0869. The van der Waals surface area contributed by atoms with Crippen LogP contribution in [0, 0.1) is 0 Å². The lowest BCUT2D eigenvalue weighted by atomic mass is 9.70. The van der Waals surface area contributed by atoms with Gasteiger partial charge in [0.25, 0.3) is 0 Å². The molecule has 5 unspecified atom stereocenters. The van der Waals surface area contributed by atoms with Crippen LogP contribution in [0.15, 0.2) is 152 Å². The predicted octanol–water partition coefficient (Wildman–Crippen LogP) is 8.79. The number of fused-ring (bicyclic) bond motifs is 6. The second-order valence-corrected chi connectivity index (χ2v) is 31.6. The molecule has 6 heterocycles. The summed E-state index contributed by atoms with van der Waals surface area (Å²) in [6.45, 7) is 0. The number of rotatable bonds is 11. The highest BCUT2D eigenvalue weighted by Gasteiger charge is 2.57. The van der Waals surface area contributed by atoms with Crippen molar-refractivity contribution in [2.45, 2.75) is 109 Å². The van der Waals surface area contributed by atoms with Gasteiger partial charge in [-0.3, -0.25) is 0 Å². The van der Waals surface area contributed by atoms with Crippen LogP contribution in [0.3, 0.4) is 0 Å². The number of aromatic hydroxyl groups is 24. The third kappa shape index (κ3) is 12.6. The average Bonchev–Trinajstić information content (AvgIpc) is 0.702. The molecule has 30 N–H and O–H groups in total. The molecule has 0 aromatic heterocycles. The first-order chi connectivity index (χ1) is 59.9. The minimum Gasteiger partial charge on any atom is -0.508 e. The number of aliphatic hydroxyl groups is 6. The van der Waals surface area contributed by atoms with Gasteiger partial charge in [0, 0.05) is 110 Å². The van der Waals surface area contributed by atoms with Crippen LogP contribution < -0.4 is 28.4 Å². The SMILES string of the molecule is Oc1cc(O)c2c(c1)O[C@H](c1ccc(O)c(O)c1)[C@H](O)C2c1c(O)cc(O)c2c1O[C@H](c1ccc(O)c(O)c1)[C@H](O)C2c1c(O)cc(O)c2c1O[C@H](c1ccc(O)c(O)c1)[C@H](O)C2c1c(O)cc(O)c2c1O[C@H](c1ccc(O)c(O)c1)[C@H](O)C2c1c(O)cc(O)c2c1O[C@H](c1ccc(O)c(O)c1)[C@H](O)C2c1c(O)cc2c(c1O)C[C@@H](O)[C@@H](c1ccc(O)c(O)c1)O2. The first-order valence-corrected chi connectivity index (χ1v) is 38.6. The molecule has 650 valence electrons. The van der Waals surface area contributed by atoms with Gasteiger partial charge in [-0.25, -0.2) is 0 Å². The van der Waals surface area contributed by atoms with Gasteiger partial charge in [0.1, 0.15) is 140 Å². The molecule has 36 heteroatoms. The molecule has 0 fully saturated rings. The second kappa shape index (κ2) is 29.6. The number of ether oxygens (including phenoxy) is 6. The van der Waals surface area contributed by atoms with E-state index in [4.69, 9.17) is 28.4 Å². The Bertz CT molecular complexity index is 6550. The fourth-order valence-electron chi connectivity index (χ4n) is 18.6. The number of hydrogen-bond donors (Lipinski definition) is 30. The second-order valence-electron chi connectivity index (χ2n) is 31.6. The standard InChI is InChI=1S/C90H74O36/c91-33-19-47(104)60-59(20-33)122-82(28-2-8-36(93)42(99)14-28)76(116)70(60)62-48(105)22-50(107)64-72(78(118)84(124-87(62)64)30-4-10-38(95)44(101)16-30)66-52(109)24-54(111)68-74(80(120)86(126-89(66)68)32-6-12-40(97)46(103)18-32)69-55(112)25-53(110)67-73(79(119)85(125-90(67)69)31-5-11-39(96)45(102)17-31)65-51(108)23-49(106)63-71(77(117)83(123-88(63)65)29-3-9-37(94)43(100)15-29)61-56(113)26-58-34(75(61)115)21-57(114)81(121-58)27-1-7-35(92)41(98)13-27/h1-20,22-26,57,70-74,76-86,91-120H,21H2/t57-,70?,71?,72?,73?,74?,76-,77-,78-,79-,80-,81-,82-,83-,84-,85-,86-/m1/s1. The molecule has 0 spiro atoms. The van der Waals surface area contributed by atoms with E-state index in [1.807, 2.05) is 0 Å². The van der Waals surface area contributed by atoms with E-state index in [0.717, 1.165) is 115 Å². The van der Waals surface area contributed by atoms with Gasteiger partial charge in [-0.15, -0.1) is 0 Å². The summed E-state index contributed by atoms with van der Waals surface area (Å²) in [5, 5.41) is 359.